The fourth-order valence-corrected chi connectivity index (χ4v) is 6.60. The van der Waals surface area contributed by atoms with Crippen LogP contribution in [0, 0.1) is 0 Å². The Labute approximate surface area is 299 Å². The third-order valence-corrected chi connectivity index (χ3v) is 9.42. The highest BCUT2D eigenvalue weighted by Crippen LogP contribution is 2.31. The van der Waals surface area contributed by atoms with E-state index in [0.717, 1.165) is 35.2 Å². The number of unbranched alkanes of at least 4 members (excludes halogenated alkanes) is 9. The van der Waals surface area contributed by atoms with Gasteiger partial charge in [-0.2, -0.15) is 0 Å². The van der Waals surface area contributed by atoms with E-state index < -0.39 is 30.7 Å². The van der Waals surface area contributed by atoms with Crippen LogP contribution in [0.2, 0.25) is 0 Å². The van der Waals surface area contributed by atoms with E-state index in [-0.39, 0.29) is 0 Å². The van der Waals surface area contributed by atoms with Crippen molar-refractivity contribution in [1.82, 2.24) is 15.0 Å². The Bertz CT molecular complexity index is 1440. The van der Waals surface area contributed by atoms with E-state index in [1.807, 2.05) is 65.5 Å². The summed E-state index contributed by atoms with van der Waals surface area (Å²) in [7, 11) is 1.65. The number of aryl methyl sites for hydroxylation is 1. The van der Waals surface area contributed by atoms with Gasteiger partial charge in [0.2, 0.25) is 0 Å². The molecule has 8 heteroatoms. The Kier molecular flexibility index (Phi) is 16.5. The second-order valence-corrected chi connectivity index (χ2v) is 13.4. The third kappa shape index (κ3) is 12.4. The molecule has 1 aromatic heterocycles. The van der Waals surface area contributed by atoms with Gasteiger partial charge in [-0.3, -0.25) is 0 Å². The highest BCUT2D eigenvalue weighted by atomic mass is 16.7. The number of methoxy groups -OCH3 is 1. The molecule has 0 spiro atoms. The van der Waals surface area contributed by atoms with Gasteiger partial charge in [0.1, 0.15) is 24.4 Å². The van der Waals surface area contributed by atoms with Crippen LogP contribution in [0.15, 0.2) is 97.2 Å². The molecular weight excluding hydrogens is 626 g/mol. The van der Waals surface area contributed by atoms with Crippen molar-refractivity contribution in [3.63, 3.8) is 0 Å². The SMILES string of the molecule is CCCCCCCCCCCCc1cn(C[C@H]2O[C@H](OC)[C@H](OCc3ccccc3)[C@@H](OCc3ccccc3)[C@@H]2OCc2ccccc2)nn1. The zero-order valence-electron chi connectivity index (χ0n) is 30.1. The van der Waals surface area contributed by atoms with Gasteiger partial charge < -0.3 is 23.7 Å². The van der Waals surface area contributed by atoms with Crippen LogP contribution in [0.25, 0.3) is 0 Å². The van der Waals surface area contributed by atoms with E-state index in [0.29, 0.717) is 26.4 Å². The first kappa shape index (κ1) is 37.8. The first-order valence-electron chi connectivity index (χ1n) is 18.8. The molecule has 8 nitrogen and oxygen atoms in total. The predicted octanol–water partition coefficient (Wildman–Crippen LogP) is 8.87. The first-order chi connectivity index (χ1) is 24.7. The molecule has 1 aliphatic heterocycles. The van der Waals surface area contributed by atoms with Crippen LogP contribution in [0.5, 0.6) is 0 Å². The molecule has 3 aromatic carbocycles. The van der Waals surface area contributed by atoms with Gasteiger partial charge in [0.05, 0.1) is 32.1 Å². The summed E-state index contributed by atoms with van der Waals surface area (Å²) in [5.41, 5.74) is 4.21. The molecule has 0 N–H and O–H groups in total. The first-order valence-corrected chi connectivity index (χ1v) is 18.8. The fraction of sp³-hybridized carbons (Fsp3) is 0.524. The summed E-state index contributed by atoms with van der Waals surface area (Å²) in [5, 5.41) is 9.03. The van der Waals surface area contributed by atoms with Crippen molar-refractivity contribution >= 4 is 0 Å². The lowest BCUT2D eigenvalue weighted by Crippen LogP contribution is -2.61. The van der Waals surface area contributed by atoms with E-state index in [4.69, 9.17) is 23.7 Å². The zero-order chi connectivity index (χ0) is 34.6. The minimum atomic E-state index is -0.671. The van der Waals surface area contributed by atoms with Gasteiger partial charge in [0.25, 0.3) is 0 Å². The topological polar surface area (TPSA) is 76.9 Å². The Morgan fingerprint density at radius 2 is 1.08 bits per heavy atom. The van der Waals surface area contributed by atoms with E-state index in [1.165, 1.54) is 57.8 Å². The van der Waals surface area contributed by atoms with Gasteiger partial charge in [-0.05, 0) is 29.5 Å². The summed E-state index contributed by atoms with van der Waals surface area (Å²) in [6.07, 6.45) is 13.5. The molecule has 0 amide bonds. The highest BCUT2D eigenvalue weighted by molar-refractivity contribution is 5.16. The van der Waals surface area contributed by atoms with Crippen molar-refractivity contribution in [2.75, 3.05) is 7.11 Å². The van der Waals surface area contributed by atoms with Crippen LogP contribution < -0.4 is 0 Å². The quantitative estimate of drug-likeness (QED) is 0.0723. The zero-order valence-corrected chi connectivity index (χ0v) is 30.1. The smallest absolute Gasteiger partial charge is 0.186 e. The monoisotopic (exact) mass is 683 g/mol. The maximum absolute atomic E-state index is 6.74. The molecule has 0 bridgehead atoms. The molecule has 0 saturated carbocycles. The molecule has 50 heavy (non-hydrogen) atoms. The summed E-state index contributed by atoms with van der Waals surface area (Å²) < 4.78 is 34.5. The number of benzene rings is 3. The third-order valence-electron chi connectivity index (χ3n) is 9.42. The molecule has 0 aliphatic carbocycles. The largest absolute Gasteiger partial charge is 0.368 e. The number of ether oxygens (including phenoxy) is 5. The van der Waals surface area contributed by atoms with Gasteiger partial charge in [-0.15, -0.1) is 5.10 Å². The molecule has 270 valence electrons. The molecule has 5 rings (SSSR count). The van der Waals surface area contributed by atoms with Crippen LogP contribution in [0.1, 0.15) is 93.5 Å². The normalized spacial score (nSPS) is 20.6. The van der Waals surface area contributed by atoms with E-state index >= 15 is 0 Å². The van der Waals surface area contributed by atoms with Crippen molar-refractivity contribution in [3.05, 3.63) is 120 Å². The van der Waals surface area contributed by atoms with Gasteiger partial charge in [-0.25, -0.2) is 4.68 Å². The lowest BCUT2D eigenvalue weighted by molar-refractivity contribution is -0.319. The summed E-state index contributed by atoms with van der Waals surface area (Å²) in [6, 6.07) is 30.5. The minimum absolute atomic E-state index is 0.390. The number of hydrogen-bond acceptors (Lipinski definition) is 7. The van der Waals surface area contributed by atoms with Crippen LogP contribution in [0.3, 0.4) is 0 Å². The lowest BCUT2D eigenvalue weighted by atomic mass is 9.97. The molecule has 1 aliphatic rings. The van der Waals surface area contributed by atoms with Crippen molar-refractivity contribution in [2.24, 2.45) is 0 Å². The standard InChI is InChI=1S/C42H57N3O5/c1-3-4-5-6-7-8-9-10-11-21-28-37-29-45(44-43-37)30-38-39(47-31-34-22-15-12-16-23-34)40(48-32-35-24-17-13-18-25-35)41(42(46-2)50-38)49-33-36-26-19-14-20-27-36/h12-20,22-27,29,38-42H,3-11,21,28,30-33H2,1-2H3/t38-,39-,40+,41-,42+/m1/s1. The maximum Gasteiger partial charge on any atom is 0.186 e. The van der Waals surface area contributed by atoms with Crippen LogP contribution in [0.4, 0.5) is 0 Å². The number of nitrogens with zero attached hydrogens (tertiary/aromatic N) is 3. The van der Waals surface area contributed by atoms with Crippen molar-refractivity contribution in [1.29, 1.82) is 0 Å². The van der Waals surface area contributed by atoms with Crippen LogP contribution >= 0.6 is 0 Å². The number of hydrogen-bond donors (Lipinski definition) is 0. The van der Waals surface area contributed by atoms with E-state index in [9.17, 15) is 0 Å². The number of rotatable bonds is 23. The molecule has 0 unspecified atom stereocenters. The second kappa shape index (κ2) is 21.7. The van der Waals surface area contributed by atoms with Crippen molar-refractivity contribution in [2.45, 2.75) is 135 Å². The second-order valence-electron chi connectivity index (χ2n) is 13.4. The Balaban J connectivity index is 1.26. The maximum atomic E-state index is 6.74. The predicted molar refractivity (Wildman–Crippen MR) is 196 cm³/mol. The highest BCUT2D eigenvalue weighted by Gasteiger charge is 2.49. The minimum Gasteiger partial charge on any atom is -0.368 e. The van der Waals surface area contributed by atoms with E-state index in [1.54, 1.807) is 7.11 Å². The summed E-state index contributed by atoms with van der Waals surface area (Å²) in [4.78, 5) is 0. The Hall–Kier alpha value is -3.40. The average molecular weight is 684 g/mol. The molecule has 0 radical (unpaired) electrons. The lowest BCUT2D eigenvalue weighted by Gasteiger charge is -2.45. The fourth-order valence-electron chi connectivity index (χ4n) is 6.60. The van der Waals surface area contributed by atoms with Crippen LogP contribution in [-0.4, -0.2) is 52.8 Å². The Morgan fingerprint density at radius 1 is 0.600 bits per heavy atom. The molecule has 1 fully saturated rings. The van der Waals surface area contributed by atoms with Crippen LogP contribution in [-0.2, 0) is 56.5 Å². The molecule has 5 atom stereocenters. The Morgan fingerprint density at radius 3 is 1.60 bits per heavy atom. The summed E-state index contributed by atoms with van der Waals surface area (Å²) in [6.45, 7) is 3.91. The van der Waals surface area contributed by atoms with Gasteiger partial charge in [-0.1, -0.05) is 161 Å². The molecule has 1 saturated heterocycles. The van der Waals surface area contributed by atoms with Gasteiger partial charge in [0, 0.05) is 13.3 Å². The van der Waals surface area contributed by atoms with Crippen molar-refractivity contribution in [3.8, 4) is 0 Å². The summed E-state index contributed by atoms with van der Waals surface area (Å²) >= 11 is 0. The number of aromatic nitrogens is 3. The summed E-state index contributed by atoms with van der Waals surface area (Å²) in [5.74, 6) is 0. The molecular formula is C42H57N3O5. The van der Waals surface area contributed by atoms with Crippen molar-refractivity contribution < 1.29 is 23.7 Å². The average Bonchev–Trinajstić information content (AvgIpc) is 3.61. The molecule has 4 aromatic rings. The molecule has 2 heterocycles. The van der Waals surface area contributed by atoms with Gasteiger partial charge >= 0.3 is 0 Å². The van der Waals surface area contributed by atoms with Gasteiger partial charge in [0.15, 0.2) is 6.29 Å². The van der Waals surface area contributed by atoms with E-state index in [2.05, 4.69) is 53.6 Å².